The number of piperazine rings is 1. The second-order valence-electron chi connectivity index (χ2n) is 11.8. The number of aromatic nitrogens is 2. The monoisotopic (exact) mass is 518 g/mol. The van der Waals surface area contributed by atoms with Gasteiger partial charge in [0.15, 0.2) is 0 Å². The number of nitrogens with zero attached hydrogens (tertiary/aromatic N) is 6. The lowest BCUT2D eigenvalue weighted by molar-refractivity contribution is 0.136. The van der Waals surface area contributed by atoms with Crippen molar-refractivity contribution in [3.05, 3.63) is 23.9 Å². The zero-order valence-electron chi connectivity index (χ0n) is 22.8. The molecule has 3 unspecified atom stereocenters. The highest BCUT2D eigenvalue weighted by Crippen LogP contribution is 2.37. The minimum Gasteiger partial charge on any atom is -0.367 e. The van der Waals surface area contributed by atoms with Gasteiger partial charge in [0.25, 0.3) is 0 Å². The molecule has 4 fully saturated rings. The Bertz CT molecular complexity index is 1140. The fourth-order valence-corrected chi connectivity index (χ4v) is 6.79. The lowest BCUT2D eigenvalue weighted by Crippen LogP contribution is -2.47. The van der Waals surface area contributed by atoms with Crippen LogP contribution in [-0.2, 0) is 6.54 Å². The zero-order valence-corrected chi connectivity index (χ0v) is 22.8. The molecule has 2 aromatic heterocycles. The minimum atomic E-state index is 0.135. The van der Waals surface area contributed by atoms with Crippen molar-refractivity contribution < 1.29 is 0 Å². The average molecular weight is 519 g/mol. The third-order valence-corrected chi connectivity index (χ3v) is 8.85. The van der Waals surface area contributed by atoms with E-state index in [1.165, 1.54) is 12.8 Å². The maximum Gasteiger partial charge on any atom is 0.138 e. The molecule has 2 aromatic rings. The average Bonchev–Trinajstić information content (AvgIpc) is 3.42. The van der Waals surface area contributed by atoms with Crippen LogP contribution in [0.3, 0.4) is 0 Å². The third-order valence-electron chi connectivity index (χ3n) is 8.85. The molecule has 6 rings (SSSR count). The van der Waals surface area contributed by atoms with Gasteiger partial charge in [0.2, 0.25) is 0 Å². The van der Waals surface area contributed by atoms with Gasteiger partial charge < -0.3 is 15.5 Å². The van der Waals surface area contributed by atoms with Gasteiger partial charge in [-0.1, -0.05) is 0 Å². The number of hydrogen-bond donors (Lipinski definition) is 4. The molecular weight excluding hydrogens is 476 g/mol. The molecule has 0 aliphatic carbocycles. The Hall–Kier alpha value is -2.55. The van der Waals surface area contributed by atoms with Crippen molar-refractivity contribution in [1.29, 1.82) is 5.26 Å². The topological polar surface area (TPSA) is 107 Å². The van der Waals surface area contributed by atoms with Crippen LogP contribution in [0.1, 0.15) is 51.1 Å². The van der Waals surface area contributed by atoms with Crippen molar-refractivity contribution in [2.24, 2.45) is 0 Å². The van der Waals surface area contributed by atoms with Crippen LogP contribution in [0.15, 0.2) is 18.2 Å². The van der Waals surface area contributed by atoms with E-state index < -0.39 is 0 Å². The highest BCUT2D eigenvalue weighted by molar-refractivity contribution is 5.91. The van der Waals surface area contributed by atoms with Crippen LogP contribution in [0, 0.1) is 11.3 Å². The summed E-state index contributed by atoms with van der Waals surface area (Å²) < 4.78 is 0. The molecule has 0 aromatic carbocycles. The molecule has 0 amide bonds. The van der Waals surface area contributed by atoms with Gasteiger partial charge in [-0.3, -0.25) is 20.2 Å². The highest BCUT2D eigenvalue weighted by atomic mass is 15.5. The molecule has 2 bridgehead atoms. The minimum absolute atomic E-state index is 0.135. The number of rotatable bonds is 8. The van der Waals surface area contributed by atoms with Crippen molar-refractivity contribution in [2.75, 3.05) is 50.4 Å². The van der Waals surface area contributed by atoms with Crippen molar-refractivity contribution in [3.8, 4) is 6.07 Å². The summed E-state index contributed by atoms with van der Waals surface area (Å²) in [5, 5.41) is 17.6. The molecule has 4 N–H and O–H groups in total. The second-order valence-corrected chi connectivity index (χ2v) is 11.8. The smallest absolute Gasteiger partial charge is 0.138 e. The summed E-state index contributed by atoms with van der Waals surface area (Å²) >= 11 is 0. The standard InChI is InChI=1S/C28H42N10/c1-19-14-27(35-34-19)32-26-17-25-24(7-4-20(30-25)18-37-12-10-36(2)11-13-37)28(33-26)31-21-15-22-5-6-23(16-21)38(22)9-3-8-29/h4,7,17,19,21-23,27,34-35H,3,5-6,9-16,18H2,1-2H3,(H2,31,32,33)/t19?,21?,22-,23+,27?. The Kier molecular flexibility index (Phi) is 7.63. The fourth-order valence-electron chi connectivity index (χ4n) is 6.79. The lowest BCUT2D eigenvalue weighted by Gasteiger charge is -2.39. The van der Waals surface area contributed by atoms with E-state index >= 15 is 0 Å². The van der Waals surface area contributed by atoms with Gasteiger partial charge >= 0.3 is 0 Å². The van der Waals surface area contributed by atoms with Crippen LogP contribution in [0.25, 0.3) is 10.9 Å². The van der Waals surface area contributed by atoms with Gasteiger partial charge in [-0.2, -0.15) is 5.26 Å². The van der Waals surface area contributed by atoms with Crippen LogP contribution in [0.5, 0.6) is 0 Å². The Balaban J connectivity index is 1.23. The fraction of sp³-hybridized carbons (Fsp3) is 0.679. The molecular formula is C28H42N10. The number of pyridine rings is 2. The first-order valence-electron chi connectivity index (χ1n) is 14.4. The van der Waals surface area contributed by atoms with E-state index in [0.717, 1.165) is 86.8 Å². The van der Waals surface area contributed by atoms with E-state index in [9.17, 15) is 0 Å². The number of nitriles is 1. The molecule has 4 saturated heterocycles. The molecule has 5 atom stereocenters. The maximum absolute atomic E-state index is 9.08. The van der Waals surface area contributed by atoms with Gasteiger partial charge in [-0.15, -0.1) is 0 Å². The van der Waals surface area contributed by atoms with E-state index in [0.29, 0.717) is 30.6 Å². The highest BCUT2D eigenvalue weighted by Gasteiger charge is 2.40. The predicted octanol–water partition coefficient (Wildman–Crippen LogP) is 2.32. The summed E-state index contributed by atoms with van der Waals surface area (Å²) in [6, 6.07) is 10.8. The third kappa shape index (κ3) is 5.72. The van der Waals surface area contributed by atoms with Crippen LogP contribution in [0.2, 0.25) is 0 Å². The van der Waals surface area contributed by atoms with Crippen molar-refractivity contribution >= 4 is 22.5 Å². The lowest BCUT2D eigenvalue weighted by atomic mass is 9.97. The maximum atomic E-state index is 9.08. The van der Waals surface area contributed by atoms with Gasteiger partial charge in [0.05, 0.1) is 23.4 Å². The van der Waals surface area contributed by atoms with E-state index in [1.54, 1.807) is 0 Å². The number of piperidine rings is 1. The summed E-state index contributed by atoms with van der Waals surface area (Å²) in [4.78, 5) is 17.7. The molecule has 10 heteroatoms. The number of hydrazine groups is 1. The number of nitrogens with one attached hydrogen (secondary N) is 4. The number of fused-ring (bicyclic) bond motifs is 3. The van der Waals surface area contributed by atoms with Crippen LogP contribution < -0.4 is 21.5 Å². The number of likely N-dealkylation sites (N-methyl/N-ethyl adjacent to an activating group) is 1. The van der Waals surface area contributed by atoms with Crippen LogP contribution in [0.4, 0.5) is 11.6 Å². The van der Waals surface area contributed by atoms with Crippen molar-refractivity contribution in [2.45, 2.75) is 82.3 Å². The van der Waals surface area contributed by atoms with E-state index in [-0.39, 0.29) is 6.17 Å². The van der Waals surface area contributed by atoms with E-state index in [1.807, 2.05) is 0 Å². The number of anilines is 2. The van der Waals surface area contributed by atoms with Crippen LogP contribution >= 0.6 is 0 Å². The first kappa shape index (κ1) is 25.7. The molecule has 4 aliphatic rings. The van der Waals surface area contributed by atoms with Crippen molar-refractivity contribution in [1.82, 2.24) is 35.5 Å². The van der Waals surface area contributed by atoms with Crippen LogP contribution in [-0.4, -0.2) is 94.8 Å². The normalized spacial score (nSPS) is 30.5. The summed E-state index contributed by atoms with van der Waals surface area (Å²) in [5.41, 5.74) is 8.73. The molecule has 4 aliphatic heterocycles. The SMILES string of the molecule is CC1CC(Nc2cc3nc(CN4CCN(C)CC4)ccc3c(NC3C[C@H]4CC[C@@H](C3)N4CCC#N)n2)NN1. The van der Waals surface area contributed by atoms with E-state index in [4.69, 9.17) is 15.2 Å². The first-order valence-corrected chi connectivity index (χ1v) is 14.4. The molecule has 0 spiro atoms. The predicted molar refractivity (Wildman–Crippen MR) is 150 cm³/mol. The molecule has 10 nitrogen and oxygen atoms in total. The first-order chi connectivity index (χ1) is 18.5. The van der Waals surface area contributed by atoms with Gasteiger partial charge in [-0.05, 0) is 58.2 Å². The quantitative estimate of drug-likeness (QED) is 0.416. The Labute approximate surface area is 226 Å². The summed E-state index contributed by atoms with van der Waals surface area (Å²) in [5.74, 6) is 1.78. The Morgan fingerprint density at radius 2 is 1.82 bits per heavy atom. The second kappa shape index (κ2) is 11.3. The molecule has 38 heavy (non-hydrogen) atoms. The Morgan fingerprint density at radius 1 is 1.03 bits per heavy atom. The van der Waals surface area contributed by atoms with Gasteiger partial charge in [-0.25, -0.2) is 10.4 Å². The largest absolute Gasteiger partial charge is 0.367 e. The van der Waals surface area contributed by atoms with Gasteiger partial charge in [0.1, 0.15) is 11.6 Å². The Morgan fingerprint density at radius 3 is 2.53 bits per heavy atom. The zero-order chi connectivity index (χ0) is 26.1. The molecule has 0 saturated carbocycles. The molecule has 204 valence electrons. The van der Waals surface area contributed by atoms with Gasteiger partial charge in [0, 0.05) is 81.3 Å². The summed E-state index contributed by atoms with van der Waals surface area (Å²) in [6.07, 6.45) is 6.42. The molecule has 6 heterocycles. The summed E-state index contributed by atoms with van der Waals surface area (Å²) in [7, 11) is 2.19. The number of hydrogen-bond acceptors (Lipinski definition) is 10. The van der Waals surface area contributed by atoms with E-state index in [2.05, 4.69) is 74.4 Å². The van der Waals surface area contributed by atoms with Crippen molar-refractivity contribution in [3.63, 3.8) is 0 Å². The summed E-state index contributed by atoms with van der Waals surface area (Å²) in [6.45, 7) is 8.35. The molecule has 0 radical (unpaired) electrons.